The van der Waals surface area contributed by atoms with Crippen LogP contribution >= 0.6 is 0 Å². The van der Waals surface area contributed by atoms with E-state index in [2.05, 4.69) is 53.6 Å². The van der Waals surface area contributed by atoms with Gasteiger partial charge in [0, 0.05) is 41.8 Å². The van der Waals surface area contributed by atoms with E-state index < -0.39 is 0 Å². The number of aromatic nitrogens is 1. The molecule has 3 rings (SSSR count). The second-order valence-corrected chi connectivity index (χ2v) is 10.3. The zero-order valence-corrected chi connectivity index (χ0v) is 21.3. The highest BCUT2D eigenvalue weighted by molar-refractivity contribution is 5.85. The Morgan fingerprint density at radius 3 is 2.35 bits per heavy atom. The minimum atomic E-state index is -0.371. The molecule has 0 saturated heterocycles. The van der Waals surface area contributed by atoms with E-state index in [1.807, 2.05) is 57.8 Å². The van der Waals surface area contributed by atoms with E-state index in [9.17, 15) is 9.59 Å². The van der Waals surface area contributed by atoms with Gasteiger partial charge in [0.05, 0.1) is 0 Å². The Bertz CT molecular complexity index is 1110. The zero-order valence-electron chi connectivity index (χ0n) is 21.3. The largest absolute Gasteiger partial charge is 0.361 e. The number of rotatable bonds is 8. The molecular weight excluding hydrogens is 424 g/mol. The smallest absolute Gasteiger partial charge is 0.318 e. The molecule has 34 heavy (non-hydrogen) atoms. The number of fused-ring (bicyclic) bond motifs is 1. The van der Waals surface area contributed by atoms with Crippen molar-refractivity contribution in [3.05, 3.63) is 71.4 Å². The van der Waals surface area contributed by atoms with Crippen LogP contribution < -0.4 is 5.32 Å². The van der Waals surface area contributed by atoms with Crippen LogP contribution in [0.5, 0.6) is 0 Å². The summed E-state index contributed by atoms with van der Waals surface area (Å²) in [5.41, 5.74) is 4.17. The predicted octanol–water partition coefficient (Wildman–Crippen LogP) is 5.27. The summed E-state index contributed by atoms with van der Waals surface area (Å²) in [4.78, 5) is 33.2. The maximum Gasteiger partial charge on any atom is 0.318 e. The van der Waals surface area contributed by atoms with Crippen LogP contribution in [-0.2, 0) is 17.8 Å². The van der Waals surface area contributed by atoms with Crippen LogP contribution in [0.4, 0.5) is 4.79 Å². The number of urea groups is 1. The van der Waals surface area contributed by atoms with E-state index in [1.165, 1.54) is 16.5 Å². The van der Waals surface area contributed by atoms with Gasteiger partial charge in [-0.15, -0.1) is 0 Å². The Labute approximate surface area is 203 Å². The van der Waals surface area contributed by atoms with Crippen molar-refractivity contribution in [2.75, 3.05) is 13.1 Å². The van der Waals surface area contributed by atoms with Crippen molar-refractivity contribution in [2.24, 2.45) is 0 Å². The lowest BCUT2D eigenvalue weighted by Crippen LogP contribution is -2.53. The molecule has 6 nitrogen and oxygen atoms in total. The summed E-state index contributed by atoms with van der Waals surface area (Å²) < 4.78 is 0. The van der Waals surface area contributed by atoms with E-state index in [-0.39, 0.29) is 30.1 Å². The first-order chi connectivity index (χ1) is 16.0. The summed E-state index contributed by atoms with van der Waals surface area (Å²) in [5, 5.41) is 4.17. The molecule has 0 atom stereocenters. The first-order valence-electron chi connectivity index (χ1n) is 12.0. The van der Waals surface area contributed by atoms with E-state index in [0.717, 1.165) is 17.5 Å². The van der Waals surface area contributed by atoms with E-state index in [1.54, 1.807) is 4.90 Å². The molecule has 0 radical (unpaired) electrons. The van der Waals surface area contributed by atoms with Gasteiger partial charge in [-0.1, -0.05) is 48.0 Å². The lowest BCUT2D eigenvalue weighted by Gasteiger charge is -2.33. The molecule has 0 aliphatic heterocycles. The number of hydrogen-bond acceptors (Lipinski definition) is 2. The quantitative estimate of drug-likeness (QED) is 0.479. The van der Waals surface area contributed by atoms with Crippen molar-refractivity contribution in [1.29, 1.82) is 0 Å². The topological polar surface area (TPSA) is 68.4 Å². The number of hydrogen-bond donors (Lipinski definition) is 2. The summed E-state index contributed by atoms with van der Waals surface area (Å²) in [6.45, 7) is 12.9. The fourth-order valence-corrected chi connectivity index (χ4v) is 3.93. The fraction of sp³-hybridized carbons (Fsp3) is 0.429. The van der Waals surface area contributed by atoms with Gasteiger partial charge in [-0.3, -0.25) is 4.79 Å². The van der Waals surface area contributed by atoms with Crippen LogP contribution in [0.1, 0.15) is 51.3 Å². The third-order valence-corrected chi connectivity index (χ3v) is 5.84. The number of amides is 3. The van der Waals surface area contributed by atoms with Crippen LogP contribution in [0.15, 0.2) is 54.7 Å². The molecule has 0 unspecified atom stereocenters. The molecule has 0 spiro atoms. The van der Waals surface area contributed by atoms with Crippen LogP contribution in [0.2, 0.25) is 0 Å². The van der Waals surface area contributed by atoms with Crippen LogP contribution in [0.3, 0.4) is 0 Å². The average molecular weight is 463 g/mol. The Hall–Kier alpha value is -3.28. The predicted molar refractivity (Wildman–Crippen MR) is 139 cm³/mol. The Balaban J connectivity index is 1.78. The first kappa shape index (κ1) is 25.3. The van der Waals surface area contributed by atoms with Crippen molar-refractivity contribution >= 4 is 22.8 Å². The molecule has 6 heteroatoms. The van der Waals surface area contributed by atoms with E-state index in [0.29, 0.717) is 13.1 Å². The summed E-state index contributed by atoms with van der Waals surface area (Å²) in [7, 11) is 0. The second-order valence-electron chi connectivity index (χ2n) is 10.3. The molecule has 1 heterocycles. The maximum atomic E-state index is 13.5. The van der Waals surface area contributed by atoms with Gasteiger partial charge in [-0.2, -0.15) is 0 Å². The minimum Gasteiger partial charge on any atom is -0.361 e. The van der Waals surface area contributed by atoms with E-state index >= 15 is 0 Å². The number of nitrogens with zero attached hydrogens (tertiary/aromatic N) is 2. The third-order valence-electron chi connectivity index (χ3n) is 5.84. The monoisotopic (exact) mass is 462 g/mol. The Morgan fingerprint density at radius 2 is 1.71 bits per heavy atom. The van der Waals surface area contributed by atoms with Gasteiger partial charge in [0.25, 0.3) is 0 Å². The van der Waals surface area contributed by atoms with Crippen LogP contribution in [0.25, 0.3) is 10.9 Å². The van der Waals surface area contributed by atoms with Gasteiger partial charge in [0.1, 0.15) is 6.54 Å². The lowest BCUT2D eigenvalue weighted by atomic mass is 10.1. The van der Waals surface area contributed by atoms with E-state index in [4.69, 9.17) is 0 Å². The average Bonchev–Trinajstić information content (AvgIpc) is 3.17. The van der Waals surface area contributed by atoms with Gasteiger partial charge < -0.3 is 20.1 Å². The number of carbonyl (C=O) groups excluding carboxylic acids is 2. The third kappa shape index (κ3) is 6.86. The zero-order chi connectivity index (χ0) is 24.9. The minimum absolute atomic E-state index is 0.0410. The number of carbonyl (C=O) groups is 2. The van der Waals surface area contributed by atoms with Gasteiger partial charge >= 0.3 is 6.03 Å². The standard InChI is InChI=1S/C28H38N4O2/c1-20(2)32(27(34)30-28(4,5)6)19-26(33)31(18-22-13-11-21(3)12-14-22)16-15-23-17-29-25-10-8-7-9-24(23)25/h7-14,17,20,29H,15-16,18-19H2,1-6H3,(H,30,34). The SMILES string of the molecule is Cc1ccc(CN(CCc2c[nH]c3ccccc23)C(=O)CN(C(=O)NC(C)(C)C)C(C)C)cc1. The van der Waals surface area contributed by atoms with Gasteiger partial charge in [-0.05, 0) is 65.2 Å². The molecule has 2 N–H and O–H groups in total. The molecule has 0 aliphatic carbocycles. The lowest BCUT2D eigenvalue weighted by molar-refractivity contribution is -0.132. The van der Waals surface area contributed by atoms with Crippen molar-refractivity contribution in [3.63, 3.8) is 0 Å². The number of para-hydroxylation sites is 1. The number of aryl methyl sites for hydroxylation is 1. The molecule has 2 aromatic carbocycles. The van der Waals surface area contributed by atoms with Crippen molar-refractivity contribution < 1.29 is 9.59 Å². The van der Waals surface area contributed by atoms with Crippen LogP contribution in [-0.4, -0.2) is 51.4 Å². The van der Waals surface area contributed by atoms with Crippen molar-refractivity contribution in [3.8, 4) is 0 Å². The van der Waals surface area contributed by atoms with Crippen molar-refractivity contribution in [1.82, 2.24) is 20.1 Å². The van der Waals surface area contributed by atoms with Gasteiger partial charge in [0.2, 0.25) is 5.91 Å². The fourth-order valence-electron chi connectivity index (χ4n) is 3.93. The summed E-state index contributed by atoms with van der Waals surface area (Å²) in [6, 6.07) is 16.1. The van der Waals surface area contributed by atoms with Crippen molar-refractivity contribution in [2.45, 2.75) is 66.1 Å². The molecule has 0 fully saturated rings. The molecule has 0 aliphatic rings. The maximum absolute atomic E-state index is 13.5. The summed E-state index contributed by atoms with van der Waals surface area (Å²) in [6.07, 6.45) is 2.76. The highest BCUT2D eigenvalue weighted by Gasteiger charge is 2.26. The van der Waals surface area contributed by atoms with Crippen LogP contribution in [0, 0.1) is 6.92 Å². The Kier molecular flexibility index (Phi) is 8.02. The molecular formula is C28H38N4O2. The van der Waals surface area contributed by atoms with Gasteiger partial charge in [0.15, 0.2) is 0 Å². The second kappa shape index (κ2) is 10.8. The summed E-state index contributed by atoms with van der Waals surface area (Å²) >= 11 is 0. The summed E-state index contributed by atoms with van der Waals surface area (Å²) in [5.74, 6) is -0.0572. The molecule has 3 aromatic rings. The first-order valence-corrected chi connectivity index (χ1v) is 12.0. The molecule has 0 bridgehead atoms. The number of nitrogens with one attached hydrogen (secondary N) is 2. The molecule has 3 amide bonds. The van der Waals surface area contributed by atoms with Gasteiger partial charge in [-0.25, -0.2) is 4.79 Å². The molecule has 1 aromatic heterocycles. The number of aromatic amines is 1. The highest BCUT2D eigenvalue weighted by Crippen LogP contribution is 2.19. The normalized spacial score (nSPS) is 11.6. The number of H-pyrrole nitrogens is 1. The number of benzene rings is 2. The molecule has 0 saturated carbocycles. The Morgan fingerprint density at radius 1 is 1.03 bits per heavy atom. The molecule has 182 valence electrons. The highest BCUT2D eigenvalue weighted by atomic mass is 16.2.